The molecular weight excluding hydrogens is 366 g/mol. The van der Waals surface area contributed by atoms with Crippen LogP contribution in [0.15, 0.2) is 48.5 Å². The lowest BCUT2D eigenvalue weighted by molar-refractivity contribution is -0.116. The summed E-state index contributed by atoms with van der Waals surface area (Å²) in [5, 5.41) is 3.10. The van der Waals surface area contributed by atoms with E-state index in [2.05, 4.69) is 17.4 Å². The van der Waals surface area contributed by atoms with E-state index in [0.29, 0.717) is 18.0 Å². The molecule has 5 nitrogen and oxygen atoms in total. The third-order valence-corrected chi connectivity index (χ3v) is 5.70. The molecule has 2 aromatic carbocycles. The van der Waals surface area contributed by atoms with Gasteiger partial charge in [0.1, 0.15) is 5.75 Å². The highest BCUT2D eigenvalue weighted by molar-refractivity contribution is 5.91. The SMILES string of the molecule is COc1ccc(C2(CNC(=O)/C=C/c3ccc(OC)c(OC)c3)CCCC2)cc1. The van der Waals surface area contributed by atoms with Crippen molar-refractivity contribution in [3.8, 4) is 17.2 Å². The van der Waals surface area contributed by atoms with Gasteiger partial charge in [-0.25, -0.2) is 0 Å². The van der Waals surface area contributed by atoms with Crippen molar-refractivity contribution < 1.29 is 19.0 Å². The van der Waals surface area contributed by atoms with Gasteiger partial charge in [0.2, 0.25) is 5.91 Å². The third-order valence-electron chi connectivity index (χ3n) is 5.70. The fraction of sp³-hybridized carbons (Fsp3) is 0.375. The normalized spacial score (nSPS) is 15.3. The van der Waals surface area contributed by atoms with Gasteiger partial charge < -0.3 is 19.5 Å². The molecule has 1 aliphatic rings. The zero-order valence-corrected chi connectivity index (χ0v) is 17.4. The largest absolute Gasteiger partial charge is 0.497 e. The number of methoxy groups -OCH3 is 3. The minimum atomic E-state index is -0.0976. The number of hydrogen-bond donors (Lipinski definition) is 1. The highest BCUT2D eigenvalue weighted by atomic mass is 16.5. The molecule has 1 fully saturated rings. The monoisotopic (exact) mass is 395 g/mol. The van der Waals surface area contributed by atoms with Crippen LogP contribution in [0, 0.1) is 0 Å². The number of ether oxygens (including phenoxy) is 3. The fourth-order valence-corrected chi connectivity index (χ4v) is 4.01. The molecule has 1 amide bonds. The highest BCUT2D eigenvalue weighted by Gasteiger charge is 2.35. The van der Waals surface area contributed by atoms with Crippen molar-refractivity contribution in [1.29, 1.82) is 0 Å². The van der Waals surface area contributed by atoms with Gasteiger partial charge in [0.05, 0.1) is 21.3 Å². The molecule has 1 aliphatic carbocycles. The summed E-state index contributed by atoms with van der Waals surface area (Å²) in [5.41, 5.74) is 2.14. The predicted octanol–water partition coefficient (Wildman–Crippen LogP) is 4.35. The van der Waals surface area contributed by atoms with Crippen molar-refractivity contribution >= 4 is 12.0 Å². The molecular formula is C24H29NO4. The topological polar surface area (TPSA) is 56.8 Å². The first kappa shape index (κ1) is 20.8. The van der Waals surface area contributed by atoms with Crippen molar-refractivity contribution in [2.75, 3.05) is 27.9 Å². The van der Waals surface area contributed by atoms with E-state index < -0.39 is 0 Å². The molecule has 1 N–H and O–H groups in total. The summed E-state index contributed by atoms with van der Waals surface area (Å²) in [6.07, 6.45) is 7.88. The van der Waals surface area contributed by atoms with Crippen molar-refractivity contribution in [2.24, 2.45) is 0 Å². The fourth-order valence-electron chi connectivity index (χ4n) is 4.01. The first-order chi connectivity index (χ1) is 14.1. The summed E-state index contributed by atoms with van der Waals surface area (Å²) in [6.45, 7) is 0.633. The molecule has 0 heterocycles. The number of rotatable bonds is 8. The second-order valence-corrected chi connectivity index (χ2v) is 7.38. The smallest absolute Gasteiger partial charge is 0.244 e. The standard InChI is InChI=1S/C24H29NO4/c1-27-20-10-8-19(9-11-20)24(14-4-5-15-24)17-25-23(26)13-7-18-6-12-21(28-2)22(16-18)29-3/h6-13,16H,4-5,14-15,17H2,1-3H3,(H,25,26)/b13-7+. The van der Waals surface area contributed by atoms with Crippen LogP contribution in [0.5, 0.6) is 17.2 Å². The first-order valence-electron chi connectivity index (χ1n) is 9.93. The molecule has 5 heteroatoms. The second kappa shape index (κ2) is 9.50. The number of carbonyl (C=O) groups excluding carboxylic acids is 1. The molecule has 29 heavy (non-hydrogen) atoms. The van der Waals surface area contributed by atoms with E-state index in [9.17, 15) is 4.79 Å². The minimum Gasteiger partial charge on any atom is -0.497 e. The molecule has 0 aliphatic heterocycles. The summed E-state index contributed by atoms with van der Waals surface area (Å²) >= 11 is 0. The van der Waals surface area contributed by atoms with Gasteiger partial charge in [0.25, 0.3) is 0 Å². The van der Waals surface area contributed by atoms with Crippen molar-refractivity contribution in [3.05, 3.63) is 59.7 Å². The second-order valence-electron chi connectivity index (χ2n) is 7.38. The molecule has 3 rings (SSSR count). The van der Waals surface area contributed by atoms with Gasteiger partial charge in [0.15, 0.2) is 11.5 Å². The van der Waals surface area contributed by atoms with E-state index in [1.807, 2.05) is 30.3 Å². The Labute approximate surface area is 172 Å². The molecule has 1 saturated carbocycles. The quantitative estimate of drug-likeness (QED) is 0.675. The van der Waals surface area contributed by atoms with Gasteiger partial charge in [0, 0.05) is 18.0 Å². The highest BCUT2D eigenvalue weighted by Crippen LogP contribution is 2.41. The molecule has 0 aromatic heterocycles. The van der Waals surface area contributed by atoms with E-state index in [1.54, 1.807) is 33.5 Å². The Hall–Kier alpha value is -2.95. The lowest BCUT2D eigenvalue weighted by Gasteiger charge is -2.30. The molecule has 2 aromatic rings. The Morgan fingerprint density at radius 3 is 2.28 bits per heavy atom. The number of carbonyl (C=O) groups is 1. The van der Waals surface area contributed by atoms with Crippen LogP contribution in [0.1, 0.15) is 36.8 Å². The van der Waals surface area contributed by atoms with E-state index in [4.69, 9.17) is 14.2 Å². The molecule has 154 valence electrons. The predicted molar refractivity (Wildman–Crippen MR) is 115 cm³/mol. The Morgan fingerprint density at radius 2 is 1.66 bits per heavy atom. The maximum absolute atomic E-state index is 12.5. The van der Waals surface area contributed by atoms with Crippen molar-refractivity contribution in [1.82, 2.24) is 5.32 Å². The zero-order chi connectivity index (χ0) is 20.7. The van der Waals surface area contributed by atoms with Crippen LogP contribution < -0.4 is 19.5 Å². The molecule has 0 spiro atoms. The van der Waals surface area contributed by atoms with Crippen LogP contribution in [0.3, 0.4) is 0 Å². The molecule has 0 atom stereocenters. The maximum atomic E-state index is 12.5. The Morgan fingerprint density at radius 1 is 0.966 bits per heavy atom. The lowest BCUT2D eigenvalue weighted by Crippen LogP contribution is -2.38. The van der Waals surface area contributed by atoms with Gasteiger partial charge in [-0.3, -0.25) is 4.79 Å². The van der Waals surface area contributed by atoms with E-state index >= 15 is 0 Å². The summed E-state index contributed by atoms with van der Waals surface area (Å²) in [7, 11) is 4.87. The van der Waals surface area contributed by atoms with Crippen LogP contribution in [0.25, 0.3) is 6.08 Å². The van der Waals surface area contributed by atoms with Gasteiger partial charge in [-0.1, -0.05) is 31.0 Å². The van der Waals surface area contributed by atoms with Gasteiger partial charge in [-0.05, 0) is 54.3 Å². The summed E-state index contributed by atoms with van der Waals surface area (Å²) in [4.78, 5) is 12.5. The van der Waals surface area contributed by atoms with Crippen LogP contribution in [0.2, 0.25) is 0 Å². The third kappa shape index (κ3) is 4.91. The summed E-state index contributed by atoms with van der Waals surface area (Å²) in [5.74, 6) is 2.06. The average Bonchev–Trinajstić information content (AvgIpc) is 3.26. The van der Waals surface area contributed by atoms with Crippen LogP contribution in [-0.4, -0.2) is 33.8 Å². The van der Waals surface area contributed by atoms with E-state index in [-0.39, 0.29) is 11.3 Å². The average molecular weight is 395 g/mol. The van der Waals surface area contributed by atoms with Crippen LogP contribution >= 0.6 is 0 Å². The van der Waals surface area contributed by atoms with Crippen LogP contribution in [-0.2, 0) is 10.2 Å². The number of benzene rings is 2. The summed E-state index contributed by atoms with van der Waals surface area (Å²) in [6, 6.07) is 13.8. The van der Waals surface area contributed by atoms with Crippen LogP contribution in [0.4, 0.5) is 0 Å². The Balaban J connectivity index is 1.65. The molecule has 0 bridgehead atoms. The molecule has 0 radical (unpaired) electrons. The molecule has 0 saturated heterocycles. The maximum Gasteiger partial charge on any atom is 0.244 e. The van der Waals surface area contributed by atoms with Gasteiger partial charge >= 0.3 is 0 Å². The Bertz CT molecular complexity index is 852. The van der Waals surface area contributed by atoms with E-state index in [1.165, 1.54) is 18.4 Å². The van der Waals surface area contributed by atoms with Crippen molar-refractivity contribution in [3.63, 3.8) is 0 Å². The van der Waals surface area contributed by atoms with Gasteiger partial charge in [-0.15, -0.1) is 0 Å². The zero-order valence-electron chi connectivity index (χ0n) is 17.4. The molecule has 0 unspecified atom stereocenters. The number of hydrogen-bond acceptors (Lipinski definition) is 4. The number of nitrogens with one attached hydrogen (secondary N) is 1. The number of amides is 1. The Kier molecular flexibility index (Phi) is 6.81. The van der Waals surface area contributed by atoms with Gasteiger partial charge in [-0.2, -0.15) is 0 Å². The lowest BCUT2D eigenvalue weighted by atomic mass is 9.78. The summed E-state index contributed by atoms with van der Waals surface area (Å²) < 4.78 is 15.8. The minimum absolute atomic E-state index is 0.000888. The van der Waals surface area contributed by atoms with Crippen molar-refractivity contribution in [2.45, 2.75) is 31.1 Å². The first-order valence-corrected chi connectivity index (χ1v) is 9.93. The van der Waals surface area contributed by atoms with E-state index in [0.717, 1.165) is 24.2 Å².